The van der Waals surface area contributed by atoms with Crippen LogP contribution in [0, 0.1) is 34.5 Å². The van der Waals surface area contributed by atoms with Gasteiger partial charge in [0, 0.05) is 81.1 Å². The molecule has 1 saturated heterocycles. The molecule has 244 valence electrons. The van der Waals surface area contributed by atoms with Crippen LogP contribution in [0.1, 0.15) is 30.1 Å². The molecule has 6 fully saturated rings. The Kier molecular flexibility index (Phi) is 7.32. The van der Waals surface area contributed by atoms with Crippen molar-refractivity contribution >= 4 is 17.6 Å². The molecule has 15 atom stereocenters. The highest BCUT2D eigenvalue weighted by atomic mass is 35.5. The number of esters is 1. The first kappa shape index (κ1) is 31.2. The smallest absolute Gasteiger partial charge is 0.338 e. The number of aliphatic hydroxyl groups excluding tert-OH is 2. The Morgan fingerprint density at radius 1 is 1.02 bits per heavy atom. The third-order valence-corrected chi connectivity index (χ3v) is 13.2. The van der Waals surface area contributed by atoms with Crippen molar-refractivity contribution in [2.45, 2.75) is 73.6 Å². The zero-order valence-corrected chi connectivity index (χ0v) is 26.5. The number of fused-ring (bicyclic) bond motifs is 2. The first-order chi connectivity index (χ1) is 21.0. The summed E-state index contributed by atoms with van der Waals surface area (Å²) in [6.45, 7) is 3.42. The van der Waals surface area contributed by atoms with E-state index in [2.05, 4.69) is 4.90 Å². The Hall–Kier alpha value is -1.38. The largest absolute Gasteiger partial charge is 0.455 e. The first-order valence-electron chi connectivity index (χ1n) is 15.6. The standard InChI is InChI=1S/C32H44ClNO10/c1-6-34-13-29(14-40-2)18(35)11-19(41-3)31-17-12-30(38)26(44-28(37)15-7-9-16(33)10-8-15)20(17)32(39,25(36)27(30)43-5)21(24(31)34)22(42-4)23(29)31/h7-10,17-27,35-36,38-39H,6,11-14H2,1-5H3/t17?,18-,19+,20?,21+,22?,23?,24?,25+,26?,27+,29+,30-,31+,32-/m1/s1. The lowest BCUT2D eigenvalue weighted by molar-refractivity contribution is -0.320. The second-order valence-electron chi connectivity index (χ2n) is 14.0. The lowest BCUT2D eigenvalue weighted by atomic mass is 9.42. The van der Waals surface area contributed by atoms with E-state index in [4.69, 9.17) is 35.3 Å². The van der Waals surface area contributed by atoms with E-state index in [9.17, 15) is 25.2 Å². The fourth-order valence-electron chi connectivity index (χ4n) is 11.9. The van der Waals surface area contributed by atoms with Crippen LogP contribution in [-0.4, -0.2) is 133 Å². The molecule has 6 unspecified atom stereocenters. The van der Waals surface area contributed by atoms with Gasteiger partial charge in [0.2, 0.25) is 0 Å². The molecule has 7 bridgehead atoms. The summed E-state index contributed by atoms with van der Waals surface area (Å²) in [6.07, 6.45) is -5.43. The van der Waals surface area contributed by atoms with E-state index in [1.54, 1.807) is 45.6 Å². The van der Waals surface area contributed by atoms with Crippen LogP contribution in [0.4, 0.5) is 0 Å². The fraction of sp³-hybridized carbons (Fsp3) is 0.781. The Morgan fingerprint density at radius 2 is 1.73 bits per heavy atom. The number of ether oxygens (including phenoxy) is 5. The number of methoxy groups -OCH3 is 4. The van der Waals surface area contributed by atoms with Crippen molar-refractivity contribution in [2.24, 2.45) is 34.5 Å². The molecule has 0 amide bonds. The van der Waals surface area contributed by atoms with E-state index in [0.717, 1.165) is 0 Å². The molecule has 1 heterocycles. The molecule has 11 nitrogen and oxygen atoms in total. The number of carbonyl (C=O) groups is 1. The first-order valence-corrected chi connectivity index (χ1v) is 15.9. The summed E-state index contributed by atoms with van der Waals surface area (Å²) in [4.78, 5) is 15.9. The van der Waals surface area contributed by atoms with Gasteiger partial charge in [0.1, 0.15) is 29.5 Å². The Labute approximate surface area is 262 Å². The zero-order valence-electron chi connectivity index (χ0n) is 25.8. The van der Waals surface area contributed by atoms with Gasteiger partial charge in [0.05, 0.1) is 30.5 Å². The van der Waals surface area contributed by atoms with E-state index in [1.165, 1.54) is 7.11 Å². The predicted octanol–water partition coefficient (Wildman–Crippen LogP) is 0.731. The highest BCUT2D eigenvalue weighted by molar-refractivity contribution is 6.30. The SMILES string of the molecule is CCN1C[C@@]2(COC)C3C(OC)[C@H]4C1[C@@]3(C1C[C@@]3(O)C(OC(=O)c5ccc(Cl)cc5)C1[C@]4(O)[C@@H](O)[C@@H]3OC)[C@@H](OC)C[C@H]2O. The molecular formula is C32H44ClNO10. The van der Waals surface area contributed by atoms with Gasteiger partial charge in [0.15, 0.2) is 0 Å². The van der Waals surface area contributed by atoms with Crippen LogP contribution >= 0.6 is 11.6 Å². The van der Waals surface area contributed by atoms with Crippen molar-refractivity contribution in [1.29, 1.82) is 0 Å². The van der Waals surface area contributed by atoms with Crippen molar-refractivity contribution < 1.29 is 48.9 Å². The maximum Gasteiger partial charge on any atom is 0.338 e. The number of benzene rings is 1. The average Bonchev–Trinajstić information content (AvgIpc) is 3.39. The molecule has 5 saturated carbocycles. The van der Waals surface area contributed by atoms with Gasteiger partial charge in [0.25, 0.3) is 0 Å². The molecule has 4 N–H and O–H groups in total. The van der Waals surface area contributed by atoms with E-state index >= 15 is 0 Å². The van der Waals surface area contributed by atoms with Crippen molar-refractivity contribution in [3.8, 4) is 0 Å². The number of halogens is 1. The molecule has 7 rings (SSSR count). The monoisotopic (exact) mass is 637 g/mol. The molecule has 0 radical (unpaired) electrons. The maximum absolute atomic E-state index is 13.6. The van der Waals surface area contributed by atoms with Crippen molar-refractivity contribution in [2.75, 3.05) is 48.1 Å². The molecule has 44 heavy (non-hydrogen) atoms. The molecule has 6 aliphatic rings. The van der Waals surface area contributed by atoms with E-state index in [0.29, 0.717) is 24.5 Å². The lowest BCUT2D eigenvalue weighted by Gasteiger charge is -2.70. The lowest BCUT2D eigenvalue weighted by Crippen LogP contribution is -2.81. The van der Waals surface area contributed by atoms with Gasteiger partial charge in [-0.2, -0.15) is 0 Å². The number of nitrogens with zero attached hydrogens (tertiary/aromatic N) is 1. The normalized spacial score (nSPS) is 51.8. The summed E-state index contributed by atoms with van der Waals surface area (Å²) < 4.78 is 30.5. The Morgan fingerprint density at radius 3 is 2.32 bits per heavy atom. The predicted molar refractivity (Wildman–Crippen MR) is 156 cm³/mol. The molecule has 12 heteroatoms. The Balaban J connectivity index is 1.47. The Bertz CT molecular complexity index is 1300. The highest BCUT2D eigenvalue weighted by Crippen LogP contribution is 2.80. The third kappa shape index (κ3) is 3.42. The second kappa shape index (κ2) is 10.3. The number of likely N-dealkylation sites (tertiary alicyclic amines) is 1. The minimum atomic E-state index is -1.88. The zero-order chi connectivity index (χ0) is 31.6. The van der Waals surface area contributed by atoms with Gasteiger partial charge in [-0.1, -0.05) is 18.5 Å². The summed E-state index contributed by atoms with van der Waals surface area (Å²) in [5, 5.41) is 50.2. The van der Waals surface area contributed by atoms with Crippen molar-refractivity contribution in [3.63, 3.8) is 0 Å². The minimum absolute atomic E-state index is 0.0842. The quantitative estimate of drug-likeness (QED) is 0.299. The van der Waals surface area contributed by atoms with Crippen LogP contribution in [0.2, 0.25) is 5.02 Å². The number of rotatable bonds is 8. The fourth-order valence-corrected chi connectivity index (χ4v) is 12.0. The molecule has 0 aromatic heterocycles. The summed E-state index contributed by atoms with van der Waals surface area (Å²) in [7, 11) is 6.25. The minimum Gasteiger partial charge on any atom is -0.455 e. The molecule has 5 aliphatic carbocycles. The van der Waals surface area contributed by atoms with Crippen LogP contribution in [0.5, 0.6) is 0 Å². The van der Waals surface area contributed by atoms with Gasteiger partial charge in [-0.05, 0) is 43.1 Å². The maximum atomic E-state index is 13.6. The number of aliphatic hydroxyl groups is 4. The van der Waals surface area contributed by atoms with Gasteiger partial charge < -0.3 is 44.1 Å². The van der Waals surface area contributed by atoms with E-state index in [1.807, 2.05) is 6.92 Å². The summed E-state index contributed by atoms with van der Waals surface area (Å²) in [5.41, 5.74) is -4.98. The van der Waals surface area contributed by atoms with Crippen LogP contribution in [0.25, 0.3) is 0 Å². The molecule has 1 aliphatic heterocycles. The van der Waals surface area contributed by atoms with Crippen LogP contribution in [-0.2, 0) is 23.7 Å². The highest BCUT2D eigenvalue weighted by Gasteiger charge is 2.91. The van der Waals surface area contributed by atoms with Crippen molar-refractivity contribution in [3.05, 3.63) is 34.9 Å². The van der Waals surface area contributed by atoms with Crippen LogP contribution in [0.15, 0.2) is 24.3 Å². The van der Waals surface area contributed by atoms with Crippen molar-refractivity contribution in [1.82, 2.24) is 4.90 Å². The molecule has 1 aromatic carbocycles. The number of hydrogen-bond donors (Lipinski definition) is 4. The van der Waals surface area contributed by atoms with Gasteiger partial charge >= 0.3 is 5.97 Å². The number of piperidine rings is 1. The topological polar surface area (TPSA) is 147 Å². The van der Waals surface area contributed by atoms with E-state index in [-0.39, 0.29) is 30.6 Å². The summed E-state index contributed by atoms with van der Waals surface area (Å²) in [5.74, 6) is -3.09. The van der Waals surface area contributed by atoms with Gasteiger partial charge in [-0.15, -0.1) is 0 Å². The second-order valence-corrected chi connectivity index (χ2v) is 14.4. The number of carbonyl (C=O) groups excluding carboxylic acids is 1. The van der Waals surface area contributed by atoms with Gasteiger partial charge in [-0.25, -0.2) is 4.79 Å². The summed E-state index contributed by atoms with van der Waals surface area (Å²) >= 11 is 6.06. The third-order valence-electron chi connectivity index (χ3n) is 12.9. The molecule has 1 spiro atoms. The van der Waals surface area contributed by atoms with Crippen LogP contribution in [0.3, 0.4) is 0 Å². The number of hydrogen-bond acceptors (Lipinski definition) is 11. The average molecular weight is 638 g/mol. The summed E-state index contributed by atoms with van der Waals surface area (Å²) in [6, 6.07) is 5.94. The molecule has 1 aromatic rings. The van der Waals surface area contributed by atoms with Crippen LogP contribution < -0.4 is 0 Å². The van der Waals surface area contributed by atoms with E-state index < -0.39 is 82.4 Å². The van der Waals surface area contributed by atoms with Gasteiger partial charge in [-0.3, -0.25) is 4.90 Å². The molecular weight excluding hydrogens is 594 g/mol.